The van der Waals surface area contributed by atoms with Crippen molar-refractivity contribution >= 4 is 5.78 Å². The predicted molar refractivity (Wildman–Crippen MR) is 61.9 cm³/mol. The molecule has 0 aliphatic heterocycles. The maximum Gasteiger partial charge on any atom is 0.229 e. The third-order valence-electron chi connectivity index (χ3n) is 3.09. The van der Waals surface area contributed by atoms with Crippen LogP contribution in [0.4, 0.5) is 0 Å². The summed E-state index contributed by atoms with van der Waals surface area (Å²) in [6, 6.07) is 6.59. The average Bonchev–Trinajstić information content (AvgIpc) is 2.61. The summed E-state index contributed by atoms with van der Waals surface area (Å²) in [5.74, 6) is -0.433. The summed E-state index contributed by atoms with van der Waals surface area (Å²) in [5, 5.41) is 18.6. The number of methoxy groups -OCH3 is 1. The zero-order chi connectivity index (χ0) is 12.5. The SMILES string of the molecule is COC1(Cc2ccc(O)cc2)CC=C(O)C1=O. The lowest BCUT2D eigenvalue weighted by molar-refractivity contribution is -0.137. The van der Waals surface area contributed by atoms with E-state index in [9.17, 15) is 15.0 Å². The number of ether oxygens (including phenoxy) is 1. The molecular weight excluding hydrogens is 220 g/mol. The Morgan fingerprint density at radius 3 is 2.41 bits per heavy atom. The number of carbonyl (C=O) groups is 1. The normalized spacial score (nSPS) is 23.8. The Morgan fingerprint density at radius 2 is 1.94 bits per heavy atom. The molecule has 0 aromatic heterocycles. The van der Waals surface area contributed by atoms with Crippen LogP contribution >= 0.6 is 0 Å². The fourth-order valence-corrected chi connectivity index (χ4v) is 2.02. The van der Waals surface area contributed by atoms with Crippen molar-refractivity contribution in [1.29, 1.82) is 0 Å². The van der Waals surface area contributed by atoms with Crippen molar-refractivity contribution in [3.8, 4) is 5.75 Å². The standard InChI is InChI=1S/C13H14O4/c1-17-13(7-6-11(15)12(13)16)8-9-2-4-10(14)5-3-9/h2-6,14-15H,7-8H2,1H3. The minimum Gasteiger partial charge on any atom is -0.508 e. The van der Waals surface area contributed by atoms with Gasteiger partial charge in [0.25, 0.3) is 0 Å². The van der Waals surface area contributed by atoms with Gasteiger partial charge in [0.2, 0.25) is 5.78 Å². The van der Waals surface area contributed by atoms with Gasteiger partial charge in [0.05, 0.1) is 0 Å². The first kappa shape index (κ1) is 11.7. The van der Waals surface area contributed by atoms with E-state index in [1.807, 2.05) is 0 Å². The van der Waals surface area contributed by atoms with Gasteiger partial charge in [-0.3, -0.25) is 4.79 Å². The summed E-state index contributed by atoms with van der Waals surface area (Å²) in [4.78, 5) is 11.8. The summed E-state index contributed by atoms with van der Waals surface area (Å²) in [6.07, 6.45) is 2.23. The molecule has 0 radical (unpaired) electrons. The number of hydrogen-bond acceptors (Lipinski definition) is 4. The number of aliphatic hydroxyl groups is 1. The number of rotatable bonds is 3. The Morgan fingerprint density at radius 1 is 1.29 bits per heavy atom. The van der Waals surface area contributed by atoms with E-state index in [0.717, 1.165) is 5.56 Å². The zero-order valence-corrected chi connectivity index (χ0v) is 9.51. The monoisotopic (exact) mass is 234 g/mol. The fourth-order valence-electron chi connectivity index (χ4n) is 2.02. The summed E-state index contributed by atoms with van der Waals surface area (Å²) in [7, 11) is 1.46. The molecule has 1 aromatic rings. The van der Waals surface area contributed by atoms with Gasteiger partial charge in [0, 0.05) is 20.0 Å². The minimum absolute atomic E-state index is 0.180. The van der Waals surface area contributed by atoms with Crippen molar-refractivity contribution in [3.63, 3.8) is 0 Å². The molecule has 1 aliphatic rings. The van der Waals surface area contributed by atoms with Crippen LogP contribution < -0.4 is 0 Å². The van der Waals surface area contributed by atoms with Crippen LogP contribution in [0.2, 0.25) is 0 Å². The van der Waals surface area contributed by atoms with Crippen molar-refractivity contribution in [3.05, 3.63) is 41.7 Å². The van der Waals surface area contributed by atoms with E-state index in [2.05, 4.69) is 0 Å². The molecule has 1 atom stereocenters. The topological polar surface area (TPSA) is 66.8 Å². The predicted octanol–water partition coefficient (Wildman–Crippen LogP) is 1.73. The molecule has 0 bridgehead atoms. The number of hydrogen-bond donors (Lipinski definition) is 2. The van der Waals surface area contributed by atoms with Gasteiger partial charge in [-0.05, 0) is 23.8 Å². The lowest BCUT2D eigenvalue weighted by atomic mass is 9.91. The third-order valence-corrected chi connectivity index (χ3v) is 3.09. The van der Waals surface area contributed by atoms with E-state index < -0.39 is 5.60 Å². The van der Waals surface area contributed by atoms with Gasteiger partial charge in [0.15, 0.2) is 5.76 Å². The highest BCUT2D eigenvalue weighted by Crippen LogP contribution is 2.31. The molecule has 2 rings (SSSR count). The molecular formula is C13H14O4. The second kappa shape index (κ2) is 4.22. The first-order chi connectivity index (χ1) is 8.07. The van der Waals surface area contributed by atoms with Crippen LogP contribution in [0.15, 0.2) is 36.1 Å². The number of carbonyl (C=O) groups excluding carboxylic acids is 1. The van der Waals surface area contributed by atoms with Gasteiger partial charge >= 0.3 is 0 Å². The molecule has 0 spiro atoms. The average molecular weight is 234 g/mol. The van der Waals surface area contributed by atoms with Crippen molar-refractivity contribution in [2.75, 3.05) is 7.11 Å². The van der Waals surface area contributed by atoms with Crippen LogP contribution in [0.3, 0.4) is 0 Å². The number of phenols is 1. The molecule has 4 heteroatoms. The molecule has 0 fully saturated rings. The number of ketones is 1. The summed E-state index contributed by atoms with van der Waals surface area (Å²) in [6.45, 7) is 0. The van der Waals surface area contributed by atoms with Crippen LogP contribution in [0.25, 0.3) is 0 Å². The van der Waals surface area contributed by atoms with Gasteiger partial charge in [0.1, 0.15) is 11.4 Å². The molecule has 1 aromatic carbocycles. The second-order valence-electron chi connectivity index (χ2n) is 4.16. The van der Waals surface area contributed by atoms with Crippen LogP contribution in [0, 0.1) is 0 Å². The number of phenolic OH excluding ortho intramolecular Hbond substituents is 1. The van der Waals surface area contributed by atoms with E-state index in [4.69, 9.17) is 4.74 Å². The highest BCUT2D eigenvalue weighted by molar-refractivity contribution is 6.02. The summed E-state index contributed by atoms with van der Waals surface area (Å²) < 4.78 is 5.29. The van der Waals surface area contributed by atoms with Crippen LogP contribution in [-0.2, 0) is 16.0 Å². The van der Waals surface area contributed by atoms with E-state index >= 15 is 0 Å². The second-order valence-corrected chi connectivity index (χ2v) is 4.16. The molecule has 0 saturated heterocycles. The maximum atomic E-state index is 11.8. The molecule has 90 valence electrons. The minimum atomic E-state index is -0.999. The first-order valence-electron chi connectivity index (χ1n) is 5.34. The zero-order valence-electron chi connectivity index (χ0n) is 9.51. The van der Waals surface area contributed by atoms with Gasteiger partial charge in [-0.15, -0.1) is 0 Å². The molecule has 1 aliphatic carbocycles. The fraction of sp³-hybridized carbons (Fsp3) is 0.308. The van der Waals surface area contributed by atoms with Gasteiger partial charge in [-0.2, -0.15) is 0 Å². The molecule has 17 heavy (non-hydrogen) atoms. The molecule has 2 N–H and O–H groups in total. The third kappa shape index (κ3) is 2.03. The van der Waals surface area contributed by atoms with Gasteiger partial charge in [-0.25, -0.2) is 0 Å². The van der Waals surface area contributed by atoms with Gasteiger partial charge < -0.3 is 14.9 Å². The van der Waals surface area contributed by atoms with E-state index in [1.54, 1.807) is 24.3 Å². The Bertz CT molecular complexity index is 461. The molecule has 1 unspecified atom stereocenters. The highest BCUT2D eigenvalue weighted by atomic mass is 16.5. The Hall–Kier alpha value is -1.81. The van der Waals surface area contributed by atoms with E-state index in [1.165, 1.54) is 13.2 Å². The molecule has 0 saturated carbocycles. The van der Waals surface area contributed by atoms with Gasteiger partial charge in [-0.1, -0.05) is 12.1 Å². The van der Waals surface area contributed by atoms with Crippen molar-refractivity contribution < 1.29 is 19.7 Å². The number of aliphatic hydroxyl groups excluding tert-OH is 1. The number of aromatic hydroxyl groups is 1. The lowest BCUT2D eigenvalue weighted by Gasteiger charge is -2.25. The maximum absolute atomic E-state index is 11.8. The number of benzene rings is 1. The van der Waals surface area contributed by atoms with Crippen molar-refractivity contribution in [2.24, 2.45) is 0 Å². The smallest absolute Gasteiger partial charge is 0.229 e. The molecule has 4 nitrogen and oxygen atoms in total. The first-order valence-corrected chi connectivity index (χ1v) is 5.34. The molecule has 0 heterocycles. The van der Waals surface area contributed by atoms with Crippen LogP contribution in [-0.4, -0.2) is 28.7 Å². The van der Waals surface area contributed by atoms with Crippen molar-refractivity contribution in [1.82, 2.24) is 0 Å². The quantitative estimate of drug-likeness (QED) is 0.835. The van der Waals surface area contributed by atoms with E-state index in [0.29, 0.717) is 12.8 Å². The Labute approximate surface area is 99.2 Å². The molecule has 0 amide bonds. The Balaban J connectivity index is 2.22. The Kier molecular flexibility index (Phi) is 2.90. The lowest BCUT2D eigenvalue weighted by Crippen LogP contribution is -2.40. The summed E-state index contributed by atoms with van der Waals surface area (Å²) >= 11 is 0. The number of Topliss-reactive ketones (excluding diaryl/α,β-unsaturated/α-hetero) is 1. The highest BCUT2D eigenvalue weighted by Gasteiger charge is 2.44. The van der Waals surface area contributed by atoms with Crippen LogP contribution in [0.1, 0.15) is 12.0 Å². The largest absolute Gasteiger partial charge is 0.508 e. The van der Waals surface area contributed by atoms with Crippen molar-refractivity contribution in [2.45, 2.75) is 18.4 Å². The van der Waals surface area contributed by atoms with E-state index in [-0.39, 0.29) is 17.3 Å². The summed E-state index contributed by atoms with van der Waals surface area (Å²) in [5.41, 5.74) is -0.123. The van der Waals surface area contributed by atoms with Crippen LogP contribution in [0.5, 0.6) is 5.75 Å².